The molecule has 2 aromatic heterocycles. The molecule has 8 nitrogen and oxygen atoms in total. The number of hydrogen-bond donors (Lipinski definition) is 2. The summed E-state index contributed by atoms with van der Waals surface area (Å²) in [5.41, 5.74) is 0.998. The number of imidazole rings is 1. The predicted octanol–water partition coefficient (Wildman–Crippen LogP) is 0.862. The molecule has 9 heteroatoms. The molecule has 1 saturated heterocycles. The molecule has 1 aliphatic heterocycles. The fourth-order valence-corrected chi connectivity index (χ4v) is 3.95. The van der Waals surface area contributed by atoms with E-state index in [0.29, 0.717) is 29.3 Å². The number of aliphatic hydroxyl groups is 2. The number of aliphatic hydroxyl groups excluding tert-OH is 2. The van der Waals surface area contributed by atoms with Gasteiger partial charge in [-0.3, -0.25) is 4.57 Å². The fraction of sp³-hybridized carbons (Fsp3) is 0.625. The normalized spacial score (nSPS) is 27.1. The summed E-state index contributed by atoms with van der Waals surface area (Å²) in [5.74, 6) is 0.897. The van der Waals surface area contributed by atoms with E-state index in [1.54, 1.807) is 11.5 Å². The number of rotatable bonds is 5. The summed E-state index contributed by atoms with van der Waals surface area (Å²) in [7, 11) is 1.52. The van der Waals surface area contributed by atoms with Crippen molar-refractivity contribution in [3.05, 3.63) is 12.2 Å². The lowest BCUT2D eigenvalue weighted by molar-refractivity contribution is -0.0353. The first-order chi connectivity index (χ1) is 11.7. The first-order valence-corrected chi connectivity index (χ1v) is 11.2. The Morgan fingerprint density at radius 2 is 2.04 bits per heavy atom. The van der Waals surface area contributed by atoms with Gasteiger partial charge in [0.15, 0.2) is 17.4 Å². The van der Waals surface area contributed by atoms with Gasteiger partial charge in [-0.2, -0.15) is 4.98 Å². The monoisotopic (exact) mass is 368 g/mol. The lowest BCUT2D eigenvalue weighted by Gasteiger charge is -2.18. The molecule has 3 heterocycles. The Labute approximate surface area is 146 Å². The van der Waals surface area contributed by atoms with Gasteiger partial charge < -0.3 is 19.7 Å². The zero-order valence-corrected chi connectivity index (χ0v) is 15.8. The zero-order chi connectivity index (χ0) is 18.4. The standard InChI is InChI=1S/C16H25N4O4P/c1-9-18-14-11(15(19-9)23-2)17-8-20(14)16-13(22)12(21)10(24-16)6-7-25(3,4)5/h8,10,12-13,16,21-22H,3,6-7H2,1-2,4-5H3/t10?,12-,13-,16-/m1/s1. The highest BCUT2D eigenvalue weighted by Crippen LogP contribution is 2.40. The van der Waals surface area contributed by atoms with Gasteiger partial charge in [0.25, 0.3) is 0 Å². The SMILES string of the molecule is C=P(C)(C)CCC1O[C@@H](n2cnc3c(OC)nc(C)nc32)[C@H](O)[C@@H]1O. The average Bonchev–Trinajstić information content (AvgIpc) is 3.06. The van der Waals surface area contributed by atoms with Gasteiger partial charge in [0.2, 0.25) is 5.88 Å². The van der Waals surface area contributed by atoms with Crippen molar-refractivity contribution in [1.82, 2.24) is 19.5 Å². The first kappa shape index (κ1) is 18.3. The highest BCUT2D eigenvalue weighted by atomic mass is 31.2. The fourth-order valence-electron chi connectivity index (χ4n) is 3.00. The van der Waals surface area contributed by atoms with E-state index >= 15 is 0 Å². The quantitative estimate of drug-likeness (QED) is 0.755. The molecule has 0 aromatic carbocycles. The van der Waals surface area contributed by atoms with Crippen LogP contribution in [0.4, 0.5) is 0 Å². The van der Waals surface area contributed by atoms with Crippen LogP contribution in [0.5, 0.6) is 5.88 Å². The average molecular weight is 368 g/mol. The Hall–Kier alpha value is -1.47. The van der Waals surface area contributed by atoms with Crippen LogP contribution in [0.3, 0.4) is 0 Å². The maximum atomic E-state index is 10.5. The largest absolute Gasteiger partial charge is 0.479 e. The van der Waals surface area contributed by atoms with E-state index in [0.717, 1.165) is 6.16 Å². The van der Waals surface area contributed by atoms with Crippen LogP contribution in [0.1, 0.15) is 18.5 Å². The van der Waals surface area contributed by atoms with Gasteiger partial charge in [-0.1, -0.05) is 0 Å². The number of aryl methyl sites for hydroxylation is 1. The van der Waals surface area contributed by atoms with E-state index in [9.17, 15) is 10.2 Å². The number of methoxy groups -OCH3 is 1. The molecule has 0 aliphatic carbocycles. The van der Waals surface area contributed by atoms with Crippen LogP contribution in [0, 0.1) is 6.92 Å². The minimum Gasteiger partial charge on any atom is -0.479 e. The molecule has 1 unspecified atom stereocenters. The van der Waals surface area contributed by atoms with Crippen molar-refractivity contribution >= 4 is 24.3 Å². The second-order valence-electron chi connectivity index (χ2n) is 7.10. The van der Waals surface area contributed by atoms with Gasteiger partial charge in [0.05, 0.1) is 19.5 Å². The lowest BCUT2D eigenvalue weighted by Crippen LogP contribution is -2.31. The topological polar surface area (TPSA) is 103 Å². The molecular formula is C16H25N4O4P. The van der Waals surface area contributed by atoms with E-state index < -0.39 is 31.4 Å². The Kier molecular flexibility index (Phi) is 4.90. The minimum atomic E-state index is -1.23. The summed E-state index contributed by atoms with van der Waals surface area (Å²) in [5, 5.41) is 20.9. The molecule has 0 bridgehead atoms. The summed E-state index contributed by atoms with van der Waals surface area (Å²) in [6.45, 7) is 4.80. The molecule has 1 fully saturated rings. The Bertz CT molecular complexity index is 818. The molecule has 2 aromatic rings. The van der Waals surface area contributed by atoms with Crippen LogP contribution < -0.4 is 4.74 Å². The Morgan fingerprint density at radius 3 is 2.68 bits per heavy atom. The second-order valence-corrected chi connectivity index (χ2v) is 11.4. The van der Waals surface area contributed by atoms with Crippen molar-refractivity contribution < 1.29 is 19.7 Å². The lowest BCUT2D eigenvalue weighted by atomic mass is 10.1. The Balaban J connectivity index is 1.90. The summed E-state index contributed by atoms with van der Waals surface area (Å²) in [6, 6.07) is 0. The third kappa shape index (κ3) is 3.58. The third-order valence-corrected chi connectivity index (χ3v) is 5.79. The van der Waals surface area contributed by atoms with Crippen molar-refractivity contribution in [2.24, 2.45) is 0 Å². The molecule has 2 N–H and O–H groups in total. The van der Waals surface area contributed by atoms with Gasteiger partial charge in [-0.05, 0) is 32.8 Å². The molecule has 1 aliphatic rings. The molecule has 0 spiro atoms. The van der Waals surface area contributed by atoms with E-state index in [1.165, 1.54) is 13.4 Å². The van der Waals surface area contributed by atoms with E-state index in [-0.39, 0.29) is 0 Å². The molecular weight excluding hydrogens is 343 g/mol. The first-order valence-electron chi connectivity index (χ1n) is 8.15. The highest BCUT2D eigenvalue weighted by Gasteiger charge is 2.44. The van der Waals surface area contributed by atoms with Gasteiger partial charge in [-0.15, -0.1) is 13.2 Å². The van der Waals surface area contributed by atoms with E-state index in [4.69, 9.17) is 9.47 Å². The molecule has 0 amide bonds. The molecule has 4 atom stereocenters. The number of fused-ring (bicyclic) bond motifs is 1. The summed E-state index contributed by atoms with van der Waals surface area (Å²) >= 11 is 0. The molecule has 138 valence electrons. The van der Waals surface area contributed by atoms with Crippen LogP contribution in [0.2, 0.25) is 0 Å². The van der Waals surface area contributed by atoms with E-state index in [2.05, 4.69) is 34.6 Å². The molecule has 3 rings (SSSR count). The minimum absolute atomic E-state index is 0.370. The van der Waals surface area contributed by atoms with E-state index in [1.807, 2.05) is 0 Å². The van der Waals surface area contributed by atoms with Crippen LogP contribution in [-0.4, -0.2) is 80.9 Å². The van der Waals surface area contributed by atoms with Gasteiger partial charge in [0.1, 0.15) is 18.0 Å². The third-order valence-electron chi connectivity index (χ3n) is 4.32. The summed E-state index contributed by atoms with van der Waals surface area (Å²) in [6.07, 6.45) is 4.03. The predicted molar refractivity (Wildman–Crippen MR) is 97.9 cm³/mol. The van der Waals surface area contributed by atoms with Crippen LogP contribution >= 0.6 is 6.89 Å². The summed E-state index contributed by atoms with van der Waals surface area (Å²) < 4.78 is 12.8. The summed E-state index contributed by atoms with van der Waals surface area (Å²) in [4.78, 5) is 12.9. The molecule has 0 saturated carbocycles. The van der Waals surface area contributed by atoms with Gasteiger partial charge in [0, 0.05) is 0 Å². The van der Waals surface area contributed by atoms with Crippen molar-refractivity contribution in [1.29, 1.82) is 0 Å². The number of hydrogen-bond acceptors (Lipinski definition) is 7. The van der Waals surface area contributed by atoms with Crippen LogP contribution in [-0.2, 0) is 4.74 Å². The molecule has 25 heavy (non-hydrogen) atoms. The maximum Gasteiger partial charge on any atom is 0.245 e. The smallest absolute Gasteiger partial charge is 0.245 e. The number of ether oxygens (including phenoxy) is 2. The second kappa shape index (κ2) is 6.68. The van der Waals surface area contributed by atoms with Gasteiger partial charge >= 0.3 is 0 Å². The maximum absolute atomic E-state index is 10.5. The highest BCUT2D eigenvalue weighted by molar-refractivity contribution is 7.72. The van der Waals surface area contributed by atoms with Crippen LogP contribution in [0.15, 0.2) is 6.33 Å². The molecule has 0 radical (unpaired) electrons. The van der Waals surface area contributed by atoms with Crippen molar-refractivity contribution in [3.8, 4) is 5.88 Å². The van der Waals surface area contributed by atoms with Crippen molar-refractivity contribution in [2.75, 3.05) is 26.6 Å². The van der Waals surface area contributed by atoms with Crippen molar-refractivity contribution in [2.45, 2.75) is 37.9 Å². The van der Waals surface area contributed by atoms with Crippen LogP contribution in [0.25, 0.3) is 11.2 Å². The Morgan fingerprint density at radius 1 is 1.32 bits per heavy atom. The van der Waals surface area contributed by atoms with Gasteiger partial charge in [-0.25, -0.2) is 9.97 Å². The zero-order valence-electron chi connectivity index (χ0n) is 15.0. The van der Waals surface area contributed by atoms with Crippen molar-refractivity contribution in [3.63, 3.8) is 0 Å². The number of aromatic nitrogens is 4. The number of nitrogens with zero attached hydrogens (tertiary/aromatic N) is 4.